The summed E-state index contributed by atoms with van der Waals surface area (Å²) in [6.45, 7) is 28.7. The predicted octanol–water partition coefficient (Wildman–Crippen LogP) is 14.5. The third-order valence-corrected chi connectivity index (χ3v) is 16.0. The van der Waals surface area contributed by atoms with Crippen molar-refractivity contribution in [1.29, 1.82) is 0 Å². The average Bonchev–Trinajstić information content (AvgIpc) is 3.61. The van der Waals surface area contributed by atoms with Gasteiger partial charge in [-0.3, -0.25) is 0 Å². The van der Waals surface area contributed by atoms with Crippen LogP contribution in [-0.2, 0) is 27.1 Å². The molecule has 0 N–H and O–H groups in total. The molecule has 3 nitrogen and oxygen atoms in total. The molecule has 0 fully saturated rings. The minimum absolute atomic E-state index is 0.0426. The summed E-state index contributed by atoms with van der Waals surface area (Å²) < 4.78 is 7.59. The fraction of sp³-hybridized carbons (Fsp3) is 0.356. The summed E-state index contributed by atoms with van der Waals surface area (Å²) in [5.41, 5.74) is 23.0. The Bertz CT molecular complexity index is 3010. The number of benzene rings is 6. The van der Waals surface area contributed by atoms with Crippen molar-refractivity contribution in [1.82, 2.24) is 0 Å². The van der Waals surface area contributed by atoms with Crippen LogP contribution in [0.5, 0.6) is 0 Å². The zero-order valence-electron chi connectivity index (χ0n) is 39.7. The van der Waals surface area contributed by atoms with E-state index in [9.17, 15) is 0 Å². The summed E-state index contributed by atoms with van der Waals surface area (Å²) in [5.74, 6) is 0. The van der Waals surface area contributed by atoms with Crippen molar-refractivity contribution in [3.05, 3.63) is 149 Å². The molecule has 0 atom stereocenters. The molecule has 0 unspecified atom stereocenters. The fourth-order valence-corrected chi connectivity index (χ4v) is 11.8. The second-order valence-electron chi connectivity index (χ2n) is 23.2. The molecular formula is C59H63BN2O. The van der Waals surface area contributed by atoms with E-state index >= 15 is 0 Å². The molecule has 2 aliphatic carbocycles. The van der Waals surface area contributed by atoms with Crippen molar-refractivity contribution in [2.45, 2.75) is 136 Å². The van der Waals surface area contributed by atoms with Crippen LogP contribution in [0, 0.1) is 6.92 Å². The van der Waals surface area contributed by atoms with Gasteiger partial charge < -0.3 is 14.2 Å². The Morgan fingerprint density at radius 3 is 1.70 bits per heavy atom. The van der Waals surface area contributed by atoms with E-state index in [1.807, 2.05) is 0 Å². The van der Waals surface area contributed by atoms with Crippen LogP contribution in [0.1, 0.15) is 135 Å². The molecule has 318 valence electrons. The van der Waals surface area contributed by atoms with E-state index in [-0.39, 0.29) is 33.8 Å². The number of hydrogen-bond acceptors (Lipinski definition) is 3. The number of nitrogens with zero attached hydrogens (tertiary/aromatic N) is 2. The van der Waals surface area contributed by atoms with Crippen LogP contribution < -0.4 is 26.4 Å². The topological polar surface area (TPSA) is 19.6 Å². The van der Waals surface area contributed by atoms with Gasteiger partial charge in [0.2, 0.25) is 0 Å². The minimum Gasteiger partial charge on any atom is -0.468 e. The molecule has 0 amide bonds. The fourth-order valence-electron chi connectivity index (χ4n) is 11.8. The van der Waals surface area contributed by atoms with Crippen LogP contribution in [-0.4, -0.2) is 6.71 Å². The molecule has 0 radical (unpaired) electrons. The Morgan fingerprint density at radius 1 is 0.524 bits per heavy atom. The molecule has 1 aromatic heterocycles. The van der Waals surface area contributed by atoms with Crippen LogP contribution in [0.15, 0.2) is 120 Å². The molecular weight excluding hydrogens is 763 g/mol. The molecule has 0 bridgehead atoms. The summed E-state index contributed by atoms with van der Waals surface area (Å²) >= 11 is 0. The third kappa shape index (κ3) is 6.06. The first-order chi connectivity index (χ1) is 29.7. The molecule has 63 heavy (non-hydrogen) atoms. The van der Waals surface area contributed by atoms with Gasteiger partial charge in [0.25, 0.3) is 6.71 Å². The molecule has 7 aromatic rings. The van der Waals surface area contributed by atoms with E-state index in [1.54, 1.807) is 0 Å². The lowest BCUT2D eigenvalue weighted by atomic mass is 9.35. The first-order valence-corrected chi connectivity index (χ1v) is 23.5. The largest absolute Gasteiger partial charge is 0.468 e. The van der Waals surface area contributed by atoms with Gasteiger partial charge in [-0.2, -0.15) is 0 Å². The first-order valence-electron chi connectivity index (χ1n) is 23.5. The Hall–Kier alpha value is -5.48. The van der Waals surface area contributed by atoms with Gasteiger partial charge in [0.1, 0.15) is 5.58 Å². The SMILES string of the molecule is Cc1cc2c3c(c1)N(c1cccc(-c4ccccc4)c1)c1c(oc4cc5c(cc14)C(C)(C)CCC5(C)C)B3c1cc3c(cc1N2c1ccc(C(C)(C)C)cc1)C(C)(C)CCC3(C)C. The molecule has 11 rings (SSSR count). The van der Waals surface area contributed by atoms with Crippen molar-refractivity contribution < 1.29 is 4.42 Å². The normalized spacial score (nSPS) is 18.6. The highest BCUT2D eigenvalue weighted by molar-refractivity contribution is 7.00. The Kier molecular flexibility index (Phi) is 8.50. The number of hydrogen-bond donors (Lipinski definition) is 0. The molecule has 0 saturated carbocycles. The summed E-state index contributed by atoms with van der Waals surface area (Å²) in [6.07, 6.45) is 4.64. The minimum atomic E-state index is -0.101. The Labute approximate surface area is 376 Å². The van der Waals surface area contributed by atoms with Gasteiger partial charge in [0.05, 0.1) is 11.3 Å². The van der Waals surface area contributed by atoms with Crippen molar-refractivity contribution in [2.24, 2.45) is 0 Å². The summed E-state index contributed by atoms with van der Waals surface area (Å²) in [7, 11) is 0. The molecule has 6 aromatic carbocycles. The lowest BCUT2D eigenvalue weighted by Gasteiger charge is -2.46. The summed E-state index contributed by atoms with van der Waals surface area (Å²) in [4.78, 5) is 5.17. The quantitative estimate of drug-likeness (QED) is 0.165. The van der Waals surface area contributed by atoms with Crippen LogP contribution >= 0.6 is 0 Å². The lowest BCUT2D eigenvalue weighted by Crippen LogP contribution is -2.61. The number of rotatable bonds is 3. The Morgan fingerprint density at radius 2 is 1.08 bits per heavy atom. The zero-order chi connectivity index (χ0) is 44.2. The Balaban J connectivity index is 1.27. The van der Waals surface area contributed by atoms with Crippen molar-refractivity contribution >= 4 is 68.4 Å². The zero-order valence-corrected chi connectivity index (χ0v) is 39.7. The highest BCUT2D eigenvalue weighted by Gasteiger charge is 2.49. The molecule has 3 heterocycles. The maximum Gasteiger partial charge on any atom is 0.297 e. The molecule has 4 aliphatic rings. The van der Waals surface area contributed by atoms with Crippen LogP contribution in [0.25, 0.3) is 22.1 Å². The highest BCUT2D eigenvalue weighted by Crippen LogP contribution is 2.53. The molecule has 0 saturated heterocycles. The van der Waals surface area contributed by atoms with Crippen LogP contribution in [0.3, 0.4) is 0 Å². The molecule has 2 aliphatic heterocycles. The van der Waals surface area contributed by atoms with Gasteiger partial charge in [-0.15, -0.1) is 0 Å². The molecule has 4 heteroatoms. The third-order valence-electron chi connectivity index (χ3n) is 16.0. The maximum atomic E-state index is 7.59. The molecule has 0 spiro atoms. The predicted molar refractivity (Wildman–Crippen MR) is 270 cm³/mol. The van der Waals surface area contributed by atoms with Gasteiger partial charge in [-0.25, -0.2) is 0 Å². The van der Waals surface area contributed by atoms with Gasteiger partial charge in [-0.1, -0.05) is 137 Å². The summed E-state index contributed by atoms with van der Waals surface area (Å²) in [6, 6.07) is 44.5. The van der Waals surface area contributed by atoms with E-state index in [4.69, 9.17) is 4.42 Å². The van der Waals surface area contributed by atoms with E-state index in [2.05, 4.69) is 208 Å². The van der Waals surface area contributed by atoms with E-state index in [0.717, 1.165) is 42.6 Å². The number of aryl methyl sites for hydroxylation is 1. The number of furan rings is 1. The second kappa shape index (κ2) is 13.3. The summed E-state index contributed by atoms with van der Waals surface area (Å²) in [5, 5.41) is 1.20. The second-order valence-corrected chi connectivity index (χ2v) is 23.2. The van der Waals surface area contributed by atoms with Crippen LogP contribution in [0.2, 0.25) is 0 Å². The van der Waals surface area contributed by atoms with Gasteiger partial charge in [-0.05, 0) is 170 Å². The van der Waals surface area contributed by atoms with Gasteiger partial charge >= 0.3 is 0 Å². The highest BCUT2D eigenvalue weighted by atomic mass is 16.3. The van der Waals surface area contributed by atoms with Gasteiger partial charge in [0, 0.05) is 33.8 Å². The van der Waals surface area contributed by atoms with E-state index in [1.165, 1.54) is 89.3 Å². The van der Waals surface area contributed by atoms with Crippen LogP contribution in [0.4, 0.5) is 34.1 Å². The van der Waals surface area contributed by atoms with Crippen molar-refractivity contribution in [2.75, 3.05) is 9.80 Å². The first kappa shape index (κ1) is 40.3. The van der Waals surface area contributed by atoms with Crippen molar-refractivity contribution in [3.63, 3.8) is 0 Å². The van der Waals surface area contributed by atoms with Gasteiger partial charge in [0.15, 0.2) is 0 Å². The van der Waals surface area contributed by atoms with E-state index in [0.29, 0.717) is 0 Å². The van der Waals surface area contributed by atoms with E-state index < -0.39 is 0 Å². The number of anilines is 6. The number of fused-ring (bicyclic) bond motifs is 8. The average molecular weight is 827 g/mol. The maximum absolute atomic E-state index is 7.59. The smallest absolute Gasteiger partial charge is 0.297 e. The standard InChI is InChI=1S/C59H63BN2O/c1-36-29-49-52-50(30-36)62(41-20-16-19-38(31-41)37-17-14-13-15-18-37)53-42-32-43-46(59(11,12)28-25-56(43,5)6)35-51(42)63-54(53)60(52)47-33-44-45(58(9,10)27-26-57(44,7)8)34-48(47)61(49)40-23-21-39(22-24-40)55(2,3)4/h13-24,29-35H,25-28H2,1-12H3. The monoisotopic (exact) mass is 827 g/mol. The lowest BCUT2D eigenvalue weighted by molar-refractivity contribution is 0.332. The van der Waals surface area contributed by atoms with Crippen molar-refractivity contribution in [3.8, 4) is 11.1 Å².